The summed E-state index contributed by atoms with van der Waals surface area (Å²) in [5, 5.41) is 0. The first-order valence-corrected chi connectivity index (χ1v) is 6.53. The van der Waals surface area contributed by atoms with E-state index in [1.54, 1.807) is 0 Å². The van der Waals surface area contributed by atoms with E-state index in [-0.39, 0.29) is 0 Å². The van der Waals surface area contributed by atoms with Crippen molar-refractivity contribution >= 4 is 12.2 Å². The fourth-order valence-corrected chi connectivity index (χ4v) is 3.36. The van der Waals surface area contributed by atoms with E-state index in [1.807, 2.05) is 0 Å². The highest BCUT2D eigenvalue weighted by Gasteiger charge is 2.42. The summed E-state index contributed by atoms with van der Waals surface area (Å²) < 4.78 is 9.06. The Morgan fingerprint density at radius 2 is 2.31 bits per heavy atom. The Morgan fingerprint density at radius 3 is 2.88 bits per heavy atom. The van der Waals surface area contributed by atoms with Crippen LogP contribution >= 0.6 is 12.2 Å². The average Bonchev–Trinajstić information content (AvgIpc) is 2.90. The summed E-state index contributed by atoms with van der Waals surface area (Å²) in [7, 11) is 0. The lowest BCUT2D eigenvalue weighted by atomic mass is 9.94. The molecule has 4 heteroatoms. The first-order valence-electron chi connectivity index (χ1n) is 6.12. The molecule has 2 aliphatic rings. The van der Waals surface area contributed by atoms with Crippen LogP contribution in [0.3, 0.4) is 0 Å². The number of ether oxygens (including phenoxy) is 1. The Hall–Kier alpha value is -0.610. The Bertz CT molecular complexity index is 448. The SMILES string of the molecule is CC(C)c1c[nH]c(=S)n1C1CC2CCC1O2. The molecule has 1 aromatic rings. The van der Waals surface area contributed by atoms with Crippen LogP contribution in [0.15, 0.2) is 6.20 Å². The lowest BCUT2D eigenvalue weighted by molar-refractivity contribution is 0.0932. The highest BCUT2D eigenvalue weighted by atomic mass is 32.1. The van der Waals surface area contributed by atoms with Crippen LogP contribution in [0.4, 0.5) is 0 Å². The molecule has 88 valence electrons. The van der Waals surface area contributed by atoms with Crippen LogP contribution < -0.4 is 0 Å². The van der Waals surface area contributed by atoms with Crippen LogP contribution in [0.25, 0.3) is 0 Å². The minimum atomic E-state index is 0.394. The number of aromatic nitrogens is 2. The van der Waals surface area contributed by atoms with Gasteiger partial charge in [-0.05, 0) is 37.4 Å². The zero-order valence-corrected chi connectivity index (χ0v) is 10.6. The number of rotatable bonds is 2. The fourth-order valence-electron chi connectivity index (χ4n) is 3.06. The highest BCUT2D eigenvalue weighted by Crippen LogP contribution is 2.42. The number of H-pyrrole nitrogens is 1. The Morgan fingerprint density at radius 1 is 1.50 bits per heavy atom. The summed E-state index contributed by atoms with van der Waals surface area (Å²) in [6.45, 7) is 4.42. The molecule has 2 bridgehead atoms. The number of nitrogens with one attached hydrogen (secondary N) is 1. The van der Waals surface area contributed by atoms with Crippen molar-refractivity contribution in [3.8, 4) is 0 Å². The molecule has 3 heterocycles. The van der Waals surface area contributed by atoms with E-state index in [4.69, 9.17) is 17.0 Å². The lowest BCUT2D eigenvalue weighted by Crippen LogP contribution is -2.23. The molecule has 2 aliphatic heterocycles. The molecule has 2 fully saturated rings. The zero-order chi connectivity index (χ0) is 11.3. The van der Waals surface area contributed by atoms with E-state index in [2.05, 4.69) is 29.6 Å². The van der Waals surface area contributed by atoms with Gasteiger partial charge in [-0.25, -0.2) is 0 Å². The maximum atomic E-state index is 5.92. The Balaban J connectivity index is 2.00. The molecule has 1 N–H and O–H groups in total. The van der Waals surface area contributed by atoms with Crippen LogP contribution in [0, 0.1) is 4.77 Å². The van der Waals surface area contributed by atoms with Crippen LogP contribution in [0.1, 0.15) is 50.8 Å². The van der Waals surface area contributed by atoms with Gasteiger partial charge in [0.05, 0.1) is 18.2 Å². The van der Waals surface area contributed by atoms with Gasteiger partial charge in [-0.15, -0.1) is 0 Å². The fraction of sp³-hybridized carbons (Fsp3) is 0.750. The van der Waals surface area contributed by atoms with Crippen LogP contribution in [0.2, 0.25) is 0 Å². The molecule has 3 rings (SSSR count). The third-order valence-corrected chi connectivity index (χ3v) is 4.15. The summed E-state index contributed by atoms with van der Waals surface area (Å²) in [5.74, 6) is 0.507. The van der Waals surface area contributed by atoms with Gasteiger partial charge in [0.25, 0.3) is 0 Å². The van der Waals surface area contributed by atoms with Gasteiger partial charge < -0.3 is 14.3 Å². The molecule has 0 radical (unpaired) electrons. The molecule has 0 amide bonds. The van der Waals surface area contributed by atoms with Crippen molar-refractivity contribution in [1.29, 1.82) is 0 Å². The van der Waals surface area contributed by atoms with Gasteiger partial charge in [-0.2, -0.15) is 0 Å². The van der Waals surface area contributed by atoms with Crippen molar-refractivity contribution in [2.24, 2.45) is 0 Å². The van der Waals surface area contributed by atoms with Crippen LogP contribution in [-0.2, 0) is 4.74 Å². The maximum absolute atomic E-state index is 5.92. The standard InChI is InChI=1S/C12H18N2OS/c1-7(2)10-6-13-12(16)14(10)9-5-8-3-4-11(9)15-8/h6-9,11H,3-5H2,1-2H3,(H,13,16). The molecular weight excluding hydrogens is 220 g/mol. The molecule has 3 nitrogen and oxygen atoms in total. The van der Waals surface area contributed by atoms with Crippen molar-refractivity contribution in [3.63, 3.8) is 0 Å². The smallest absolute Gasteiger partial charge is 0.177 e. The van der Waals surface area contributed by atoms with Gasteiger partial charge in [0, 0.05) is 11.9 Å². The normalized spacial score (nSPS) is 32.8. The summed E-state index contributed by atoms with van der Waals surface area (Å²) in [6, 6.07) is 0.467. The van der Waals surface area contributed by atoms with E-state index in [1.165, 1.54) is 18.5 Å². The van der Waals surface area contributed by atoms with E-state index in [9.17, 15) is 0 Å². The summed E-state index contributed by atoms with van der Waals surface area (Å²) in [4.78, 5) is 3.18. The van der Waals surface area contributed by atoms with Crippen molar-refractivity contribution in [2.75, 3.05) is 0 Å². The largest absolute Gasteiger partial charge is 0.373 e. The van der Waals surface area contributed by atoms with Gasteiger partial charge >= 0.3 is 0 Å². The van der Waals surface area contributed by atoms with E-state index < -0.39 is 0 Å². The number of hydrogen-bond donors (Lipinski definition) is 1. The lowest BCUT2D eigenvalue weighted by Gasteiger charge is -2.23. The van der Waals surface area contributed by atoms with Crippen molar-refractivity contribution in [3.05, 3.63) is 16.7 Å². The van der Waals surface area contributed by atoms with Gasteiger partial charge in [-0.3, -0.25) is 0 Å². The van der Waals surface area contributed by atoms with Gasteiger partial charge in [0.2, 0.25) is 0 Å². The Kier molecular flexibility index (Phi) is 2.44. The Labute approximate surface area is 101 Å². The molecular formula is C12H18N2OS. The molecule has 2 saturated heterocycles. The molecule has 3 unspecified atom stereocenters. The van der Waals surface area contributed by atoms with Gasteiger partial charge in [-0.1, -0.05) is 13.8 Å². The third kappa shape index (κ3) is 1.47. The minimum Gasteiger partial charge on any atom is -0.373 e. The second-order valence-electron chi connectivity index (χ2n) is 5.22. The monoisotopic (exact) mass is 238 g/mol. The molecule has 0 saturated carbocycles. The molecule has 3 atom stereocenters. The molecule has 0 aromatic carbocycles. The van der Waals surface area contributed by atoms with Crippen molar-refractivity contribution < 1.29 is 4.74 Å². The third-order valence-electron chi connectivity index (χ3n) is 3.84. The molecule has 16 heavy (non-hydrogen) atoms. The van der Waals surface area contributed by atoms with E-state index in [0.717, 1.165) is 11.2 Å². The number of nitrogens with zero attached hydrogens (tertiary/aromatic N) is 1. The van der Waals surface area contributed by atoms with Crippen LogP contribution in [0.5, 0.6) is 0 Å². The first-order chi connectivity index (χ1) is 7.66. The molecule has 0 aliphatic carbocycles. The van der Waals surface area contributed by atoms with E-state index >= 15 is 0 Å². The van der Waals surface area contributed by atoms with E-state index in [0.29, 0.717) is 24.2 Å². The maximum Gasteiger partial charge on any atom is 0.177 e. The quantitative estimate of drug-likeness (QED) is 0.802. The second kappa shape index (κ2) is 3.70. The number of aromatic amines is 1. The predicted octanol–water partition coefficient (Wildman–Crippen LogP) is 3.16. The number of hydrogen-bond acceptors (Lipinski definition) is 2. The number of imidazole rings is 1. The zero-order valence-electron chi connectivity index (χ0n) is 9.77. The predicted molar refractivity (Wildman–Crippen MR) is 65.3 cm³/mol. The summed E-state index contributed by atoms with van der Waals surface area (Å²) in [6.07, 6.45) is 6.49. The molecule has 1 aromatic heterocycles. The van der Waals surface area contributed by atoms with Crippen molar-refractivity contribution in [2.45, 2.75) is 57.3 Å². The molecule has 0 spiro atoms. The topological polar surface area (TPSA) is 29.9 Å². The van der Waals surface area contributed by atoms with Crippen LogP contribution in [-0.4, -0.2) is 21.8 Å². The number of fused-ring (bicyclic) bond motifs is 2. The average molecular weight is 238 g/mol. The first kappa shape index (κ1) is 10.5. The summed E-state index contributed by atoms with van der Waals surface area (Å²) in [5.41, 5.74) is 1.31. The minimum absolute atomic E-state index is 0.394. The van der Waals surface area contributed by atoms with Crippen molar-refractivity contribution in [1.82, 2.24) is 9.55 Å². The highest BCUT2D eigenvalue weighted by molar-refractivity contribution is 7.71. The van der Waals surface area contributed by atoms with Gasteiger partial charge in [0.1, 0.15) is 0 Å². The second-order valence-corrected chi connectivity index (χ2v) is 5.61. The summed E-state index contributed by atoms with van der Waals surface area (Å²) >= 11 is 5.40. The van der Waals surface area contributed by atoms with Gasteiger partial charge in [0.15, 0.2) is 4.77 Å².